The number of piperidine rings is 2. The van der Waals surface area contributed by atoms with Gasteiger partial charge in [-0.15, -0.1) is 11.8 Å². The minimum atomic E-state index is -3.42. The van der Waals surface area contributed by atoms with Crippen molar-refractivity contribution in [2.45, 2.75) is 140 Å². The summed E-state index contributed by atoms with van der Waals surface area (Å²) < 4.78 is 25.7. The van der Waals surface area contributed by atoms with Crippen molar-refractivity contribution >= 4 is 63.1 Å². The highest BCUT2D eigenvalue weighted by Crippen LogP contribution is 2.42. The Morgan fingerprint density at radius 2 is 1.61 bits per heavy atom. The molecule has 0 aromatic rings. The fourth-order valence-electron chi connectivity index (χ4n) is 12.0. The highest BCUT2D eigenvalue weighted by molar-refractivity contribution is 8.00. The van der Waals surface area contributed by atoms with Crippen LogP contribution in [0.25, 0.3) is 0 Å². The average molecular weight is 963 g/mol. The second kappa shape index (κ2) is 22.5. The fourth-order valence-corrected chi connectivity index (χ4v) is 14.5. The topological polar surface area (TPSA) is 248 Å². The molecule has 0 radical (unpaired) electrons. The SMILES string of the molecule is CC1C(C(=O)NCC(=O)NC2NC(C3CCCC(C4CCNC(N(C)CC(=O)NCCCCCNC5CCCC6C(=O)N(C7CCC(=O)NC7=O)C(=O)C56)C4)C3)CS2)CN(S(C)(=O)=O)C1C. The third kappa shape index (κ3) is 12.1. The molecular formula is C45H74N10O9S2. The molecular weight excluding hydrogens is 889 g/mol. The van der Waals surface area contributed by atoms with Gasteiger partial charge in [-0.3, -0.25) is 54.0 Å². The second-order valence-corrected chi connectivity index (χ2v) is 23.3. The fraction of sp³-hybridized carbons (Fsp3) is 0.844. The zero-order chi connectivity index (χ0) is 47.3. The van der Waals surface area contributed by atoms with Crippen molar-refractivity contribution in [3.8, 4) is 0 Å². The molecule has 7 amide bonds. The molecule has 2 saturated carbocycles. The first-order valence-electron chi connectivity index (χ1n) is 24.6. The normalized spacial score (nSPS) is 35.5. The highest BCUT2D eigenvalue weighted by Gasteiger charge is 2.55. The Kier molecular flexibility index (Phi) is 17.3. The predicted octanol–water partition coefficient (Wildman–Crippen LogP) is 0.0223. The van der Waals surface area contributed by atoms with Crippen LogP contribution in [-0.4, -0.2) is 158 Å². The monoisotopic (exact) mass is 963 g/mol. The minimum Gasteiger partial charge on any atom is -0.355 e. The maximum atomic E-state index is 13.5. The number of fused-ring (bicyclic) bond motifs is 1. The number of hydrogen-bond donors (Lipinski definition) is 7. The number of thioether (sulfide) groups is 1. The van der Waals surface area contributed by atoms with E-state index in [9.17, 15) is 42.0 Å². The van der Waals surface area contributed by atoms with Crippen molar-refractivity contribution in [3.63, 3.8) is 0 Å². The first-order chi connectivity index (χ1) is 31.5. The van der Waals surface area contributed by atoms with Gasteiger partial charge in [-0.1, -0.05) is 32.6 Å². The van der Waals surface area contributed by atoms with E-state index in [2.05, 4.69) is 42.1 Å². The van der Waals surface area contributed by atoms with Crippen LogP contribution in [-0.2, 0) is 43.6 Å². The number of imide groups is 2. The van der Waals surface area contributed by atoms with Crippen molar-refractivity contribution in [1.82, 2.24) is 51.3 Å². The van der Waals surface area contributed by atoms with Crippen LogP contribution in [0.3, 0.4) is 0 Å². The number of carbonyl (C=O) groups excluding carboxylic acids is 7. The summed E-state index contributed by atoms with van der Waals surface area (Å²) in [7, 11) is -1.41. The summed E-state index contributed by atoms with van der Waals surface area (Å²) in [6.45, 7) is 6.14. The average Bonchev–Trinajstić information content (AvgIpc) is 3.96. The molecule has 7 rings (SSSR count). The van der Waals surface area contributed by atoms with E-state index in [1.54, 1.807) is 11.8 Å². The smallest absolute Gasteiger partial charge is 0.249 e. The molecule has 0 aromatic heterocycles. The molecule has 0 aromatic carbocycles. The number of likely N-dealkylation sites (N-methyl/N-ethyl adjacent to an activating group) is 1. The number of likely N-dealkylation sites (tertiary alicyclic amines) is 1. The van der Waals surface area contributed by atoms with Gasteiger partial charge >= 0.3 is 0 Å². The Bertz CT molecular complexity index is 1930. The highest BCUT2D eigenvalue weighted by atomic mass is 32.2. The van der Waals surface area contributed by atoms with Crippen LogP contribution in [0.4, 0.5) is 0 Å². The van der Waals surface area contributed by atoms with Crippen molar-refractivity contribution < 1.29 is 42.0 Å². The summed E-state index contributed by atoms with van der Waals surface area (Å²) in [5.74, 6) is -1.12. The Hall–Kier alpha value is -3.21. The molecule has 7 aliphatic rings. The van der Waals surface area contributed by atoms with Crippen molar-refractivity contribution in [1.29, 1.82) is 0 Å². The Morgan fingerprint density at radius 1 is 0.864 bits per heavy atom. The van der Waals surface area contributed by atoms with Crippen LogP contribution >= 0.6 is 11.8 Å². The van der Waals surface area contributed by atoms with Crippen LogP contribution < -0.4 is 37.2 Å². The lowest BCUT2D eigenvalue weighted by Crippen LogP contribution is -2.55. The standard InChI is InChI=1S/C45H74N10O9S2/c1-26-27(2)54(66(4,63)64)23-32(26)41(59)49-22-38(57)52-45-50-34(25-65-45)30-11-8-10-28(20-30)29-16-19-47-36(21-29)53(3)24-39(58)48-18-7-5-6-17-46-33-13-9-12-31-40(33)44(62)55(43(31)61)35-14-15-37(56)51-42(35)60/h26-36,40,45-47,50H,5-25H2,1-4H3,(H,48,58)(H,49,59)(H,52,57)(H,51,56,60). The van der Waals surface area contributed by atoms with Gasteiger partial charge in [0.05, 0.1) is 43.3 Å². The van der Waals surface area contributed by atoms with Gasteiger partial charge in [0.1, 0.15) is 11.5 Å². The largest absolute Gasteiger partial charge is 0.355 e. The van der Waals surface area contributed by atoms with Gasteiger partial charge in [0.15, 0.2) is 0 Å². The maximum Gasteiger partial charge on any atom is 0.249 e. The molecule has 5 heterocycles. The van der Waals surface area contributed by atoms with Crippen molar-refractivity contribution in [2.24, 2.45) is 41.4 Å². The van der Waals surface area contributed by atoms with E-state index in [1.165, 1.54) is 17.1 Å². The third-order valence-corrected chi connectivity index (χ3v) is 18.4. The number of sulfonamides is 1. The molecule has 5 saturated heterocycles. The number of amides is 7. The van der Waals surface area contributed by atoms with Crippen LogP contribution in [0.5, 0.6) is 0 Å². The molecule has 2 aliphatic carbocycles. The summed E-state index contributed by atoms with van der Waals surface area (Å²) in [6, 6.07) is -1.04. The van der Waals surface area contributed by atoms with Gasteiger partial charge in [-0.25, -0.2) is 8.42 Å². The minimum absolute atomic E-state index is 0.00308. The second-order valence-electron chi connectivity index (χ2n) is 20.2. The van der Waals surface area contributed by atoms with Gasteiger partial charge in [-0.2, -0.15) is 4.31 Å². The van der Waals surface area contributed by atoms with Gasteiger partial charge in [0.25, 0.3) is 0 Å². The quantitative estimate of drug-likeness (QED) is 0.0708. The Balaban J connectivity index is 0.755. The Morgan fingerprint density at radius 3 is 2.36 bits per heavy atom. The number of unbranched alkanes of at least 4 members (excludes halogenated alkanes) is 2. The van der Waals surface area contributed by atoms with E-state index < -0.39 is 39.7 Å². The maximum absolute atomic E-state index is 13.5. The van der Waals surface area contributed by atoms with Crippen LogP contribution in [0, 0.1) is 41.4 Å². The molecule has 7 fully saturated rings. The summed E-state index contributed by atoms with van der Waals surface area (Å²) in [5.41, 5.74) is -0.234. The van der Waals surface area contributed by atoms with Gasteiger partial charge in [0.2, 0.25) is 51.4 Å². The van der Waals surface area contributed by atoms with Crippen LogP contribution in [0.1, 0.15) is 104 Å². The predicted molar refractivity (Wildman–Crippen MR) is 248 cm³/mol. The summed E-state index contributed by atoms with van der Waals surface area (Å²) >= 11 is 1.68. The molecule has 21 heteroatoms. The summed E-state index contributed by atoms with van der Waals surface area (Å²) in [6.07, 6.45) is 13.2. The molecule has 19 nitrogen and oxygen atoms in total. The molecule has 7 N–H and O–H groups in total. The van der Waals surface area contributed by atoms with E-state index in [-0.39, 0.29) is 97.1 Å². The lowest BCUT2D eigenvalue weighted by atomic mass is 9.70. The zero-order valence-electron chi connectivity index (χ0n) is 39.2. The molecule has 66 heavy (non-hydrogen) atoms. The summed E-state index contributed by atoms with van der Waals surface area (Å²) in [5, 5.41) is 21.9. The van der Waals surface area contributed by atoms with E-state index in [1.807, 2.05) is 20.9 Å². The molecule has 13 atom stereocenters. The molecule has 13 unspecified atom stereocenters. The number of nitrogens with zero attached hydrogens (tertiary/aromatic N) is 3. The lowest BCUT2D eigenvalue weighted by molar-refractivity contribution is -0.151. The first-order valence-corrected chi connectivity index (χ1v) is 27.5. The van der Waals surface area contributed by atoms with Crippen LogP contribution in [0.2, 0.25) is 0 Å². The van der Waals surface area contributed by atoms with Gasteiger partial charge in [-0.05, 0) is 109 Å². The van der Waals surface area contributed by atoms with E-state index in [4.69, 9.17) is 0 Å². The van der Waals surface area contributed by atoms with E-state index in [0.717, 1.165) is 81.2 Å². The number of hydrogen-bond acceptors (Lipinski definition) is 14. The molecule has 0 bridgehead atoms. The molecule has 370 valence electrons. The Labute approximate surface area is 394 Å². The first kappa shape index (κ1) is 50.7. The number of rotatable bonds is 18. The molecule has 0 spiro atoms. The van der Waals surface area contributed by atoms with Gasteiger partial charge in [0, 0.05) is 43.4 Å². The van der Waals surface area contributed by atoms with Crippen molar-refractivity contribution in [2.75, 3.05) is 58.3 Å². The summed E-state index contributed by atoms with van der Waals surface area (Å²) in [4.78, 5) is 93.0. The lowest BCUT2D eigenvalue weighted by Gasteiger charge is -2.42. The van der Waals surface area contributed by atoms with Crippen molar-refractivity contribution in [3.05, 3.63) is 0 Å². The van der Waals surface area contributed by atoms with Gasteiger partial charge < -0.3 is 26.6 Å². The van der Waals surface area contributed by atoms with E-state index >= 15 is 0 Å². The number of nitrogens with one attached hydrogen (secondary N) is 7. The zero-order valence-corrected chi connectivity index (χ0v) is 40.8. The number of carbonyl (C=O) groups is 7. The molecule has 5 aliphatic heterocycles. The third-order valence-electron chi connectivity index (χ3n) is 15.9. The van der Waals surface area contributed by atoms with Crippen LogP contribution in [0.15, 0.2) is 0 Å². The van der Waals surface area contributed by atoms with E-state index in [0.29, 0.717) is 43.8 Å².